The van der Waals surface area contributed by atoms with E-state index in [1.54, 1.807) is 24.3 Å². The number of rotatable bonds is 5. The smallest absolute Gasteiger partial charge is 0.455 e. The lowest BCUT2D eigenvalue weighted by molar-refractivity contribution is -0.286. The van der Waals surface area contributed by atoms with Crippen molar-refractivity contribution in [2.24, 2.45) is 0 Å². The fourth-order valence-corrected chi connectivity index (χ4v) is 3.93. The van der Waals surface area contributed by atoms with Crippen LogP contribution < -0.4 is 19.9 Å². The molecule has 1 aliphatic heterocycles. The Morgan fingerprint density at radius 2 is 1.92 bits per heavy atom. The van der Waals surface area contributed by atoms with E-state index < -0.39 is 29.9 Å². The molecule has 2 aromatic heterocycles. The molecule has 0 radical (unpaired) electrons. The van der Waals surface area contributed by atoms with Gasteiger partial charge in [0.25, 0.3) is 5.56 Å². The van der Waals surface area contributed by atoms with Crippen LogP contribution in [0.15, 0.2) is 57.7 Å². The number of alkyl halides is 2. The van der Waals surface area contributed by atoms with Crippen LogP contribution in [0.5, 0.6) is 11.5 Å². The number of anilines is 1. The number of ether oxygens (including phenoxy) is 2. The van der Waals surface area contributed by atoms with Crippen molar-refractivity contribution in [2.45, 2.75) is 32.3 Å². The van der Waals surface area contributed by atoms with E-state index in [-0.39, 0.29) is 39.6 Å². The van der Waals surface area contributed by atoms with Crippen LogP contribution in [0.4, 0.5) is 14.5 Å². The fourth-order valence-electron chi connectivity index (χ4n) is 3.93. The van der Waals surface area contributed by atoms with Crippen molar-refractivity contribution < 1.29 is 32.6 Å². The zero-order valence-corrected chi connectivity index (χ0v) is 20.4. The highest BCUT2D eigenvalue weighted by molar-refractivity contribution is 5.94. The largest absolute Gasteiger partial charge is 0.586 e. The second kappa shape index (κ2) is 8.67. The van der Waals surface area contributed by atoms with E-state index >= 15 is 0 Å². The second-order valence-electron chi connectivity index (χ2n) is 9.17. The summed E-state index contributed by atoms with van der Waals surface area (Å²) in [6, 6.07) is 13.7. The Morgan fingerprint density at radius 3 is 2.63 bits per heavy atom. The van der Waals surface area contributed by atoms with Crippen LogP contribution in [0.1, 0.15) is 25.2 Å². The molecule has 0 aliphatic carbocycles. The quantitative estimate of drug-likeness (QED) is 0.420. The van der Waals surface area contributed by atoms with Crippen molar-refractivity contribution in [1.82, 2.24) is 9.78 Å². The van der Waals surface area contributed by atoms with Gasteiger partial charge < -0.3 is 23.9 Å². The predicted octanol–water partition coefficient (Wildman–Crippen LogP) is 3.74. The number of nitriles is 1. The van der Waals surface area contributed by atoms with Crippen LogP contribution in [0.3, 0.4) is 0 Å². The van der Waals surface area contributed by atoms with E-state index in [0.29, 0.717) is 11.1 Å². The molecule has 1 aliphatic rings. The minimum atomic E-state index is -3.80. The number of benzene rings is 2. The van der Waals surface area contributed by atoms with E-state index in [2.05, 4.69) is 14.6 Å². The first-order chi connectivity index (χ1) is 17.9. The van der Waals surface area contributed by atoms with Gasteiger partial charge in [0.1, 0.15) is 23.6 Å². The zero-order chi connectivity index (χ0) is 27.4. The van der Waals surface area contributed by atoms with E-state index in [4.69, 9.17) is 4.42 Å². The number of aromatic nitrogens is 2. The molecule has 0 saturated carbocycles. The van der Waals surface area contributed by atoms with Crippen LogP contribution in [0.2, 0.25) is 0 Å². The van der Waals surface area contributed by atoms with Crippen molar-refractivity contribution in [3.63, 3.8) is 0 Å². The summed E-state index contributed by atoms with van der Waals surface area (Å²) in [6.45, 7) is 2.47. The lowest BCUT2D eigenvalue weighted by Gasteiger charge is -2.18. The number of carbonyl (C=O) groups excluding carboxylic acids is 1. The highest BCUT2D eigenvalue weighted by atomic mass is 19.3. The first-order valence-corrected chi connectivity index (χ1v) is 11.3. The van der Waals surface area contributed by atoms with E-state index in [1.165, 1.54) is 45.2 Å². The van der Waals surface area contributed by atoms with Gasteiger partial charge in [0.05, 0.1) is 17.0 Å². The second-order valence-corrected chi connectivity index (χ2v) is 9.17. The summed E-state index contributed by atoms with van der Waals surface area (Å²) in [5.41, 5.74) is -0.756. The summed E-state index contributed by atoms with van der Waals surface area (Å²) in [7, 11) is 1.41. The molecule has 5 rings (SSSR count). The lowest BCUT2D eigenvalue weighted by atomic mass is 10.1. The number of carbonyl (C=O) groups is 1. The molecule has 4 aromatic rings. The Hall–Kier alpha value is -4.76. The zero-order valence-electron chi connectivity index (χ0n) is 20.4. The number of hydrogen-bond donors (Lipinski definition) is 1. The van der Waals surface area contributed by atoms with Crippen LogP contribution in [0, 0.1) is 11.3 Å². The summed E-state index contributed by atoms with van der Waals surface area (Å²) >= 11 is 0. The van der Waals surface area contributed by atoms with Crippen LogP contribution in [0.25, 0.3) is 22.2 Å². The van der Waals surface area contributed by atoms with Crippen LogP contribution >= 0.6 is 0 Å². The van der Waals surface area contributed by atoms with Gasteiger partial charge in [0, 0.05) is 24.4 Å². The van der Waals surface area contributed by atoms with Gasteiger partial charge >= 0.3 is 6.29 Å². The molecule has 38 heavy (non-hydrogen) atoms. The minimum Gasteiger partial charge on any atom is -0.455 e. The van der Waals surface area contributed by atoms with Crippen molar-refractivity contribution in [2.75, 3.05) is 11.9 Å². The van der Waals surface area contributed by atoms with E-state index in [1.807, 2.05) is 6.07 Å². The van der Waals surface area contributed by atoms with Crippen molar-refractivity contribution in [3.05, 3.63) is 70.2 Å². The third-order valence-corrected chi connectivity index (χ3v) is 5.93. The Balaban J connectivity index is 1.55. The standard InChI is InChI=1S/C26H20F2N4O6/c1-25(2,35)20-11-17-23(36-20)22(15-6-4-5-14(9-15)12-29)30-32(24(17)34)13-21(33)31(3)16-7-8-18-19(10-16)38-26(27,28)37-18/h4-11,35H,13H2,1-3H3. The molecule has 0 saturated heterocycles. The maximum absolute atomic E-state index is 13.4. The number of amides is 1. The molecule has 0 spiro atoms. The summed E-state index contributed by atoms with van der Waals surface area (Å²) < 4.78 is 42.3. The molecule has 0 unspecified atom stereocenters. The van der Waals surface area contributed by atoms with Crippen LogP contribution in [-0.4, -0.2) is 34.1 Å². The van der Waals surface area contributed by atoms with E-state index in [0.717, 1.165) is 9.58 Å². The predicted molar refractivity (Wildman–Crippen MR) is 130 cm³/mol. The Morgan fingerprint density at radius 1 is 1.18 bits per heavy atom. The average Bonchev–Trinajstić information content (AvgIpc) is 3.45. The highest BCUT2D eigenvalue weighted by Gasteiger charge is 2.43. The average molecular weight is 522 g/mol. The summed E-state index contributed by atoms with van der Waals surface area (Å²) in [6.07, 6.45) is -3.80. The number of hydrogen-bond acceptors (Lipinski definition) is 8. The Labute approximate surface area is 213 Å². The topological polar surface area (TPSA) is 131 Å². The molecular weight excluding hydrogens is 502 g/mol. The Kier molecular flexibility index (Phi) is 5.68. The van der Waals surface area contributed by atoms with Crippen LogP contribution in [-0.2, 0) is 16.9 Å². The molecule has 10 nitrogen and oxygen atoms in total. The van der Waals surface area contributed by atoms with Gasteiger partial charge in [-0.1, -0.05) is 12.1 Å². The van der Waals surface area contributed by atoms with Gasteiger partial charge in [-0.3, -0.25) is 9.59 Å². The van der Waals surface area contributed by atoms with Crippen molar-refractivity contribution in [1.29, 1.82) is 5.26 Å². The normalized spacial score (nSPS) is 13.9. The number of aliphatic hydroxyl groups is 1. The SMILES string of the molecule is CN(C(=O)Cn1nc(-c2cccc(C#N)c2)c2oc(C(C)(C)O)cc2c1=O)c1ccc2c(c1)OC(F)(F)O2. The molecule has 1 amide bonds. The number of nitrogens with zero attached hydrogens (tertiary/aromatic N) is 4. The fraction of sp³-hybridized carbons (Fsp3) is 0.231. The maximum Gasteiger partial charge on any atom is 0.586 e. The third-order valence-electron chi connectivity index (χ3n) is 5.93. The van der Waals surface area contributed by atoms with Gasteiger partial charge in [0.15, 0.2) is 17.1 Å². The molecule has 12 heteroatoms. The first-order valence-electron chi connectivity index (χ1n) is 11.3. The number of halogens is 2. The van der Waals surface area contributed by atoms with Gasteiger partial charge in [-0.25, -0.2) is 4.68 Å². The van der Waals surface area contributed by atoms with Gasteiger partial charge in [-0.05, 0) is 44.2 Å². The molecule has 2 aromatic carbocycles. The first kappa shape index (κ1) is 24.9. The molecular formula is C26H20F2N4O6. The number of furan rings is 1. The number of likely N-dealkylation sites (N-methyl/N-ethyl adjacent to an activating group) is 1. The summed E-state index contributed by atoms with van der Waals surface area (Å²) in [4.78, 5) is 27.6. The molecule has 0 bridgehead atoms. The third kappa shape index (κ3) is 4.44. The lowest BCUT2D eigenvalue weighted by Crippen LogP contribution is -2.35. The molecule has 194 valence electrons. The highest BCUT2D eigenvalue weighted by Crippen LogP contribution is 2.42. The summed E-state index contributed by atoms with van der Waals surface area (Å²) in [5.74, 6) is -0.884. The van der Waals surface area contributed by atoms with E-state index in [9.17, 15) is 28.7 Å². The molecule has 0 atom stereocenters. The maximum atomic E-state index is 13.4. The van der Waals surface area contributed by atoms with Gasteiger partial charge in [-0.2, -0.15) is 10.4 Å². The van der Waals surface area contributed by atoms with Crippen molar-refractivity contribution in [3.8, 4) is 28.8 Å². The molecule has 1 N–H and O–H groups in total. The van der Waals surface area contributed by atoms with Gasteiger partial charge in [0.2, 0.25) is 5.91 Å². The summed E-state index contributed by atoms with van der Waals surface area (Å²) in [5, 5.41) is 24.2. The van der Waals surface area contributed by atoms with Gasteiger partial charge in [-0.15, -0.1) is 8.78 Å². The monoisotopic (exact) mass is 522 g/mol. The molecule has 3 heterocycles. The molecule has 0 fully saturated rings. The van der Waals surface area contributed by atoms with Crippen molar-refractivity contribution >= 4 is 22.6 Å². The number of fused-ring (bicyclic) bond motifs is 2. The Bertz CT molecular complexity index is 1700. The minimum absolute atomic E-state index is 0.0789.